The summed E-state index contributed by atoms with van der Waals surface area (Å²) in [7, 11) is 0. The minimum absolute atomic E-state index is 0. The van der Waals surface area contributed by atoms with Gasteiger partial charge in [0.2, 0.25) is 0 Å². The molecule has 0 radical (unpaired) electrons. The predicted octanol–water partition coefficient (Wildman–Crippen LogP) is 2.32. The lowest BCUT2D eigenvalue weighted by Gasteiger charge is -2.29. The summed E-state index contributed by atoms with van der Waals surface area (Å²) in [6.07, 6.45) is 4.46. The molecule has 0 aliphatic carbocycles. The Labute approximate surface area is 180 Å². The van der Waals surface area contributed by atoms with Crippen LogP contribution in [-0.4, -0.2) is 60.0 Å². The highest BCUT2D eigenvalue weighted by Gasteiger charge is 2.16. The van der Waals surface area contributed by atoms with Crippen LogP contribution in [-0.2, 0) is 19.4 Å². The average Bonchev–Trinajstić information content (AvgIpc) is 3.06. The maximum Gasteiger partial charge on any atom is 0.191 e. The van der Waals surface area contributed by atoms with E-state index in [-0.39, 0.29) is 30.1 Å². The van der Waals surface area contributed by atoms with E-state index in [0.29, 0.717) is 6.54 Å². The van der Waals surface area contributed by atoms with Gasteiger partial charge in [0, 0.05) is 38.2 Å². The van der Waals surface area contributed by atoms with Crippen LogP contribution in [0.25, 0.3) is 0 Å². The number of nitrogens with one attached hydrogen (secondary N) is 2. The van der Waals surface area contributed by atoms with Crippen molar-refractivity contribution in [3.63, 3.8) is 0 Å². The lowest BCUT2D eigenvalue weighted by molar-refractivity contribution is 0.0823. The second-order valence-electron chi connectivity index (χ2n) is 6.79. The van der Waals surface area contributed by atoms with E-state index in [4.69, 9.17) is 9.52 Å². The zero-order valence-corrected chi connectivity index (χ0v) is 19.3. The molecule has 1 aliphatic rings. The van der Waals surface area contributed by atoms with Gasteiger partial charge in [-0.15, -0.1) is 24.0 Å². The molecule has 7 nitrogen and oxygen atoms in total. The van der Waals surface area contributed by atoms with E-state index in [1.807, 2.05) is 0 Å². The van der Waals surface area contributed by atoms with Crippen molar-refractivity contribution in [3.05, 3.63) is 17.0 Å². The molecule has 27 heavy (non-hydrogen) atoms. The predicted molar refractivity (Wildman–Crippen MR) is 120 cm³/mol. The van der Waals surface area contributed by atoms with Gasteiger partial charge in [-0.25, -0.2) is 4.99 Å². The van der Waals surface area contributed by atoms with Gasteiger partial charge in [-0.2, -0.15) is 0 Å². The van der Waals surface area contributed by atoms with Gasteiger partial charge in [0.05, 0.1) is 18.3 Å². The Morgan fingerprint density at radius 1 is 1.22 bits per heavy atom. The molecule has 8 heteroatoms. The molecule has 3 N–H and O–H groups in total. The van der Waals surface area contributed by atoms with Crippen LogP contribution in [0.5, 0.6) is 0 Å². The van der Waals surface area contributed by atoms with Crippen molar-refractivity contribution < 1.29 is 9.63 Å². The molecule has 1 saturated heterocycles. The molecular formula is C19H36IN5O2. The Balaban J connectivity index is 0.00000364. The second kappa shape index (κ2) is 13.3. The summed E-state index contributed by atoms with van der Waals surface area (Å²) in [5.41, 5.74) is 2.13. The first-order valence-corrected chi connectivity index (χ1v) is 10.1. The van der Waals surface area contributed by atoms with Gasteiger partial charge in [-0.05, 0) is 39.2 Å². The van der Waals surface area contributed by atoms with Crippen LogP contribution < -0.4 is 10.6 Å². The van der Waals surface area contributed by atoms with Gasteiger partial charge in [0.1, 0.15) is 5.76 Å². The number of aliphatic hydroxyl groups excluding tert-OH is 1. The van der Waals surface area contributed by atoms with Crippen molar-refractivity contribution in [2.45, 2.75) is 65.5 Å². The Morgan fingerprint density at radius 2 is 1.96 bits per heavy atom. The molecule has 0 unspecified atom stereocenters. The first-order chi connectivity index (χ1) is 12.7. The number of guanidine groups is 1. The van der Waals surface area contributed by atoms with Crippen LogP contribution >= 0.6 is 24.0 Å². The number of aliphatic hydroxyl groups is 1. The molecule has 1 aliphatic heterocycles. The first kappa shape index (κ1) is 24.2. The number of hydrogen-bond acceptors (Lipinski definition) is 5. The highest BCUT2D eigenvalue weighted by atomic mass is 127. The second-order valence-corrected chi connectivity index (χ2v) is 6.79. The number of aliphatic imine (C=N–C) groups is 1. The molecule has 2 rings (SSSR count). The van der Waals surface area contributed by atoms with Crippen LogP contribution in [0.3, 0.4) is 0 Å². The van der Waals surface area contributed by atoms with Crippen molar-refractivity contribution in [1.82, 2.24) is 20.7 Å². The van der Waals surface area contributed by atoms with Crippen molar-refractivity contribution in [2.24, 2.45) is 4.99 Å². The standard InChI is InChI=1S/C19H35N5O2.HI/c1-4-17-16(18(5-2)26-23-17)14-22-19(20-6-3)21-10-7-11-24-12-8-15(25)9-13-24;/h15,25H,4-14H2,1-3H3,(H2,20,21,22);1H. The van der Waals surface area contributed by atoms with E-state index in [9.17, 15) is 5.11 Å². The first-order valence-electron chi connectivity index (χ1n) is 10.1. The molecular weight excluding hydrogens is 457 g/mol. The highest BCUT2D eigenvalue weighted by molar-refractivity contribution is 14.0. The van der Waals surface area contributed by atoms with Gasteiger partial charge >= 0.3 is 0 Å². The molecule has 2 heterocycles. The van der Waals surface area contributed by atoms with Crippen LogP contribution in [0.2, 0.25) is 0 Å². The van der Waals surface area contributed by atoms with E-state index in [0.717, 1.165) is 87.8 Å². The third-order valence-electron chi connectivity index (χ3n) is 4.85. The summed E-state index contributed by atoms with van der Waals surface area (Å²) >= 11 is 0. The fraction of sp³-hybridized carbons (Fsp3) is 0.789. The Hall–Kier alpha value is -0.870. The van der Waals surface area contributed by atoms with Crippen molar-refractivity contribution in [1.29, 1.82) is 0 Å². The van der Waals surface area contributed by atoms with Crippen LogP contribution in [0, 0.1) is 0 Å². The quantitative estimate of drug-likeness (QED) is 0.212. The fourth-order valence-electron chi connectivity index (χ4n) is 3.27. The molecule has 0 amide bonds. The Bertz CT molecular complexity index is 535. The highest BCUT2D eigenvalue weighted by Crippen LogP contribution is 2.16. The van der Waals surface area contributed by atoms with Gasteiger partial charge in [0.15, 0.2) is 5.96 Å². The molecule has 0 saturated carbocycles. The van der Waals surface area contributed by atoms with Gasteiger partial charge < -0.3 is 25.2 Å². The molecule has 1 aromatic heterocycles. The zero-order chi connectivity index (χ0) is 18.8. The summed E-state index contributed by atoms with van der Waals surface area (Å²) in [5.74, 6) is 1.78. The molecule has 0 atom stereocenters. The largest absolute Gasteiger partial charge is 0.393 e. The lowest BCUT2D eigenvalue weighted by atomic mass is 10.1. The maximum absolute atomic E-state index is 9.57. The summed E-state index contributed by atoms with van der Waals surface area (Å²) in [6, 6.07) is 0. The van der Waals surface area contributed by atoms with Gasteiger partial charge in [0.25, 0.3) is 0 Å². The molecule has 0 bridgehead atoms. The number of nitrogens with zero attached hydrogens (tertiary/aromatic N) is 3. The van der Waals surface area contributed by atoms with E-state index in [1.54, 1.807) is 0 Å². The number of rotatable bonds is 9. The minimum atomic E-state index is -0.102. The maximum atomic E-state index is 9.57. The normalized spacial score (nSPS) is 16.2. The number of halogens is 1. The third-order valence-corrected chi connectivity index (χ3v) is 4.85. The van der Waals surface area contributed by atoms with Crippen LogP contribution in [0.4, 0.5) is 0 Å². The molecule has 0 aromatic carbocycles. The number of likely N-dealkylation sites (tertiary alicyclic amines) is 1. The molecule has 156 valence electrons. The van der Waals surface area contributed by atoms with E-state index < -0.39 is 0 Å². The molecule has 1 aromatic rings. The van der Waals surface area contributed by atoms with Crippen LogP contribution in [0.1, 0.15) is 57.1 Å². The summed E-state index contributed by atoms with van der Waals surface area (Å²) in [4.78, 5) is 7.14. The summed E-state index contributed by atoms with van der Waals surface area (Å²) in [5, 5.41) is 20.4. The Kier molecular flexibility index (Phi) is 11.9. The van der Waals surface area contributed by atoms with Crippen LogP contribution in [0.15, 0.2) is 9.52 Å². The topological polar surface area (TPSA) is 85.9 Å². The van der Waals surface area contributed by atoms with E-state index >= 15 is 0 Å². The lowest BCUT2D eigenvalue weighted by Crippen LogP contribution is -2.40. The average molecular weight is 493 g/mol. The minimum Gasteiger partial charge on any atom is -0.393 e. The summed E-state index contributed by atoms with van der Waals surface area (Å²) in [6.45, 7) is 11.6. The van der Waals surface area contributed by atoms with Gasteiger partial charge in [-0.1, -0.05) is 19.0 Å². The monoisotopic (exact) mass is 493 g/mol. The summed E-state index contributed by atoms with van der Waals surface area (Å²) < 4.78 is 5.42. The SMILES string of the molecule is CCNC(=NCc1c(CC)noc1CC)NCCCN1CCC(O)CC1.I. The fourth-order valence-corrected chi connectivity index (χ4v) is 3.27. The molecule has 0 spiro atoms. The van der Waals surface area contributed by atoms with Crippen molar-refractivity contribution >= 4 is 29.9 Å². The number of hydrogen-bond donors (Lipinski definition) is 3. The van der Waals surface area contributed by atoms with E-state index in [1.165, 1.54) is 0 Å². The third kappa shape index (κ3) is 7.95. The number of aryl methyl sites for hydroxylation is 2. The van der Waals surface area contributed by atoms with E-state index in [2.05, 4.69) is 41.5 Å². The van der Waals surface area contributed by atoms with Gasteiger partial charge in [-0.3, -0.25) is 0 Å². The number of aromatic nitrogens is 1. The Morgan fingerprint density at radius 3 is 2.59 bits per heavy atom. The zero-order valence-electron chi connectivity index (χ0n) is 17.0. The smallest absolute Gasteiger partial charge is 0.191 e. The van der Waals surface area contributed by atoms with Crippen molar-refractivity contribution in [3.8, 4) is 0 Å². The number of piperidine rings is 1. The molecule has 1 fully saturated rings. The van der Waals surface area contributed by atoms with Crippen molar-refractivity contribution in [2.75, 3.05) is 32.7 Å².